The van der Waals surface area contributed by atoms with Gasteiger partial charge in [-0.2, -0.15) is 0 Å². The summed E-state index contributed by atoms with van der Waals surface area (Å²) in [5.74, 6) is -0.692. The lowest BCUT2D eigenvalue weighted by Gasteiger charge is -2.38. The number of carbonyl (C=O) groups is 1. The van der Waals surface area contributed by atoms with Gasteiger partial charge in [-0.1, -0.05) is 6.42 Å². The second-order valence-corrected chi connectivity index (χ2v) is 7.79. The maximum Gasteiger partial charge on any atom is 0.331 e. The van der Waals surface area contributed by atoms with E-state index in [1.54, 1.807) is 0 Å². The fourth-order valence-corrected chi connectivity index (χ4v) is 4.86. The summed E-state index contributed by atoms with van der Waals surface area (Å²) in [6, 6.07) is 0. The van der Waals surface area contributed by atoms with E-state index in [9.17, 15) is 18.3 Å². The quantitative estimate of drug-likeness (QED) is 0.852. The van der Waals surface area contributed by atoms with Crippen LogP contribution in [-0.4, -0.2) is 45.5 Å². The van der Waals surface area contributed by atoms with Gasteiger partial charge < -0.3 is 5.11 Å². The predicted molar refractivity (Wildman–Crippen MR) is 67.7 cm³/mol. The van der Waals surface area contributed by atoms with E-state index in [1.165, 1.54) is 4.68 Å². The summed E-state index contributed by atoms with van der Waals surface area (Å²) in [4.78, 5) is 11.5. The molecule has 0 radical (unpaired) electrons. The van der Waals surface area contributed by atoms with Crippen LogP contribution in [0.15, 0.2) is 0 Å². The Balaban J connectivity index is 2.04. The number of sulfone groups is 1. The van der Waals surface area contributed by atoms with Crippen molar-refractivity contribution < 1.29 is 18.3 Å². The summed E-state index contributed by atoms with van der Waals surface area (Å²) in [6.07, 6.45) is 3.54. The average molecular weight is 300 g/mol. The third kappa shape index (κ3) is 1.83. The zero-order chi connectivity index (χ0) is 14.4. The minimum absolute atomic E-state index is 0.116. The number of aliphatic carboxylic acids is 1. The fourth-order valence-electron chi connectivity index (χ4n) is 2.97. The van der Waals surface area contributed by atoms with Crippen LogP contribution in [0, 0.1) is 0 Å². The van der Waals surface area contributed by atoms with E-state index in [4.69, 9.17) is 0 Å². The Labute approximate surface area is 116 Å². The van der Waals surface area contributed by atoms with Crippen molar-refractivity contribution in [2.24, 2.45) is 0 Å². The zero-order valence-corrected chi connectivity index (χ0v) is 11.7. The normalized spacial score (nSPS) is 27.7. The van der Waals surface area contributed by atoms with E-state index < -0.39 is 26.6 Å². The lowest BCUT2D eigenvalue weighted by Crippen LogP contribution is -2.50. The molecule has 2 heterocycles. The van der Waals surface area contributed by atoms with Crippen molar-refractivity contribution in [3.05, 3.63) is 5.82 Å². The largest absolute Gasteiger partial charge is 0.479 e. The van der Waals surface area contributed by atoms with Crippen LogP contribution in [0.3, 0.4) is 0 Å². The summed E-state index contributed by atoms with van der Waals surface area (Å²) in [5, 5.41) is 19.8. The summed E-state index contributed by atoms with van der Waals surface area (Å²) < 4.78 is 25.6. The molecular formula is C11H16N4O4S. The molecule has 8 nitrogen and oxygen atoms in total. The van der Waals surface area contributed by atoms with Gasteiger partial charge in [0.15, 0.2) is 21.2 Å². The topological polar surface area (TPSA) is 115 Å². The molecule has 1 aromatic heterocycles. The van der Waals surface area contributed by atoms with Crippen molar-refractivity contribution in [2.45, 2.75) is 49.3 Å². The van der Waals surface area contributed by atoms with Gasteiger partial charge in [0.2, 0.25) is 0 Å². The number of aromatic nitrogens is 4. The SMILES string of the molecule is O=C(O)C1(n2nnnc2C2CCCCS2(=O)=O)CCC1. The van der Waals surface area contributed by atoms with E-state index in [0.717, 1.165) is 12.8 Å². The molecule has 1 aromatic rings. The minimum atomic E-state index is -3.30. The molecule has 9 heteroatoms. The third-order valence-corrected chi connectivity index (χ3v) is 6.52. The summed E-state index contributed by atoms with van der Waals surface area (Å²) in [5.41, 5.74) is -1.16. The van der Waals surface area contributed by atoms with E-state index in [2.05, 4.69) is 15.5 Å². The number of carboxylic acid groups (broad SMARTS) is 1. The van der Waals surface area contributed by atoms with Crippen molar-refractivity contribution >= 4 is 15.8 Å². The Kier molecular flexibility index (Phi) is 3.03. The first-order valence-corrected chi connectivity index (χ1v) is 8.43. The number of nitrogens with zero attached hydrogens (tertiary/aromatic N) is 4. The second kappa shape index (κ2) is 4.51. The molecule has 1 aliphatic heterocycles. The summed E-state index contributed by atoms with van der Waals surface area (Å²) in [7, 11) is -3.30. The van der Waals surface area contributed by atoms with Crippen LogP contribution in [0.1, 0.15) is 49.6 Å². The van der Waals surface area contributed by atoms with Crippen LogP contribution in [0.25, 0.3) is 0 Å². The highest BCUT2D eigenvalue weighted by molar-refractivity contribution is 7.91. The minimum Gasteiger partial charge on any atom is -0.479 e. The van der Waals surface area contributed by atoms with E-state index in [1.807, 2.05) is 0 Å². The highest BCUT2D eigenvalue weighted by Crippen LogP contribution is 2.42. The molecule has 110 valence electrons. The highest BCUT2D eigenvalue weighted by Gasteiger charge is 2.50. The monoisotopic (exact) mass is 300 g/mol. The van der Waals surface area contributed by atoms with Crippen LogP contribution in [0.5, 0.6) is 0 Å². The number of tetrazole rings is 1. The molecule has 2 fully saturated rings. The van der Waals surface area contributed by atoms with Crippen LogP contribution in [-0.2, 0) is 20.2 Å². The smallest absolute Gasteiger partial charge is 0.331 e. The Hall–Kier alpha value is -1.51. The van der Waals surface area contributed by atoms with Crippen molar-refractivity contribution in [3.8, 4) is 0 Å². The predicted octanol–water partition coefficient (Wildman–Crippen LogP) is 0.277. The Bertz CT molecular complexity index is 635. The molecular weight excluding hydrogens is 284 g/mol. The standard InChI is InChI=1S/C11H16N4O4S/c16-10(17)11(5-3-6-11)15-9(12-13-14-15)8-4-1-2-7-20(8,18)19/h8H,1-7H2,(H,16,17). The first-order valence-electron chi connectivity index (χ1n) is 6.71. The molecule has 1 saturated carbocycles. The molecule has 20 heavy (non-hydrogen) atoms. The Morgan fingerprint density at radius 1 is 1.30 bits per heavy atom. The van der Waals surface area contributed by atoms with Crippen LogP contribution >= 0.6 is 0 Å². The van der Waals surface area contributed by atoms with Gasteiger partial charge in [0.1, 0.15) is 5.25 Å². The molecule has 1 unspecified atom stereocenters. The van der Waals surface area contributed by atoms with Crippen LogP contribution in [0.4, 0.5) is 0 Å². The van der Waals surface area contributed by atoms with E-state index in [0.29, 0.717) is 25.7 Å². The Morgan fingerprint density at radius 2 is 2.05 bits per heavy atom. The second-order valence-electron chi connectivity index (χ2n) is 5.49. The van der Waals surface area contributed by atoms with Crippen molar-refractivity contribution in [1.29, 1.82) is 0 Å². The van der Waals surface area contributed by atoms with Gasteiger partial charge in [0, 0.05) is 0 Å². The fraction of sp³-hybridized carbons (Fsp3) is 0.818. The molecule has 2 aliphatic rings. The average Bonchev–Trinajstić information content (AvgIpc) is 2.75. The van der Waals surface area contributed by atoms with Crippen molar-refractivity contribution in [2.75, 3.05) is 5.75 Å². The molecule has 0 spiro atoms. The number of hydrogen-bond donors (Lipinski definition) is 1. The number of rotatable bonds is 3. The van der Waals surface area contributed by atoms with Gasteiger partial charge in [0.05, 0.1) is 5.75 Å². The maximum atomic E-state index is 12.2. The van der Waals surface area contributed by atoms with Gasteiger partial charge in [-0.05, 0) is 42.5 Å². The molecule has 0 bridgehead atoms. The molecule has 1 atom stereocenters. The zero-order valence-electron chi connectivity index (χ0n) is 10.9. The van der Waals surface area contributed by atoms with Crippen LogP contribution in [0.2, 0.25) is 0 Å². The summed E-state index contributed by atoms with van der Waals surface area (Å²) >= 11 is 0. The molecule has 0 amide bonds. The lowest BCUT2D eigenvalue weighted by atomic mass is 9.77. The first kappa shape index (κ1) is 13.5. The Morgan fingerprint density at radius 3 is 2.60 bits per heavy atom. The van der Waals surface area contributed by atoms with Gasteiger partial charge in [0.25, 0.3) is 0 Å². The third-order valence-electron chi connectivity index (χ3n) is 4.34. The van der Waals surface area contributed by atoms with Gasteiger partial charge in [-0.25, -0.2) is 17.9 Å². The van der Waals surface area contributed by atoms with E-state index >= 15 is 0 Å². The number of hydrogen-bond acceptors (Lipinski definition) is 6. The number of carboxylic acids is 1. The maximum absolute atomic E-state index is 12.2. The molecule has 1 N–H and O–H groups in total. The summed E-state index contributed by atoms with van der Waals surface area (Å²) in [6.45, 7) is 0. The first-order chi connectivity index (χ1) is 9.47. The van der Waals surface area contributed by atoms with Gasteiger partial charge in [-0.3, -0.25) is 0 Å². The van der Waals surface area contributed by atoms with Crippen molar-refractivity contribution in [1.82, 2.24) is 20.2 Å². The molecule has 3 rings (SSSR count). The molecule has 1 aliphatic carbocycles. The van der Waals surface area contributed by atoms with Crippen molar-refractivity contribution in [3.63, 3.8) is 0 Å². The highest BCUT2D eigenvalue weighted by atomic mass is 32.2. The van der Waals surface area contributed by atoms with Crippen LogP contribution < -0.4 is 0 Å². The van der Waals surface area contributed by atoms with Gasteiger partial charge >= 0.3 is 5.97 Å². The van der Waals surface area contributed by atoms with E-state index in [-0.39, 0.29) is 11.6 Å². The van der Waals surface area contributed by atoms with Gasteiger partial charge in [-0.15, -0.1) is 5.10 Å². The molecule has 1 saturated heterocycles. The lowest BCUT2D eigenvalue weighted by molar-refractivity contribution is -0.153. The molecule has 0 aromatic carbocycles.